The maximum absolute atomic E-state index is 10.0. The summed E-state index contributed by atoms with van der Waals surface area (Å²) in [6.07, 6.45) is 3.55. The van der Waals surface area contributed by atoms with Crippen molar-refractivity contribution in [2.24, 2.45) is 5.92 Å². The third kappa shape index (κ3) is 5.97. The van der Waals surface area contributed by atoms with Crippen LogP contribution in [0.1, 0.15) is 18.4 Å². The molecule has 0 radical (unpaired) electrons. The molecule has 1 atom stereocenters. The molecule has 0 spiro atoms. The summed E-state index contributed by atoms with van der Waals surface area (Å²) >= 11 is 0. The molecule has 1 unspecified atom stereocenters. The average molecular weight is 447 g/mol. The number of aliphatic hydroxyl groups excluding tert-OH is 1. The lowest BCUT2D eigenvalue weighted by molar-refractivity contribution is -0.386. The Balaban J connectivity index is 0.000000238. The summed E-state index contributed by atoms with van der Waals surface area (Å²) in [6, 6.07) is 25.9. The number of piperidine rings is 1. The number of aliphatic hydroxyl groups is 1. The standard InChI is InChI=1S/C21H27NO2.C6H3NO2/c23-16-20(17-24-21-9-5-2-6-10-21)22-13-11-19(12-14-22)15-18-7-3-1-4-8-18;8-7(9)6-3-4-1-2-5(4)6/h1-10,19-20,23H,11-17H2;1-3H. The molecular formula is C27H30N2O4. The molecule has 0 saturated carbocycles. The van der Waals surface area contributed by atoms with Crippen LogP contribution in [0.3, 0.4) is 0 Å². The number of hydrogen-bond donors (Lipinski definition) is 1. The SMILES string of the molecule is O=[N+]([O-])c1cc2ccc1=2.OCC(COc1ccccc1)N1CCC(Cc2ccccc2)CC1. The number of non-ortho nitro benzene ring substituents is 1. The number of likely N-dealkylation sites (tertiary alicyclic amines) is 1. The van der Waals surface area contributed by atoms with E-state index in [1.807, 2.05) is 36.4 Å². The van der Waals surface area contributed by atoms with Crippen molar-refractivity contribution in [3.8, 4) is 5.75 Å². The van der Waals surface area contributed by atoms with E-state index >= 15 is 0 Å². The zero-order chi connectivity index (χ0) is 23.0. The number of ether oxygens (including phenoxy) is 1. The van der Waals surface area contributed by atoms with Crippen molar-refractivity contribution in [1.82, 2.24) is 4.90 Å². The second kappa shape index (κ2) is 11.1. The number of nitro benzene ring substituents is 1. The molecule has 1 aliphatic heterocycles. The molecule has 1 heterocycles. The Morgan fingerprint density at radius 2 is 1.67 bits per heavy atom. The Bertz CT molecular complexity index is 1130. The Hall–Kier alpha value is -3.22. The number of hydrogen-bond acceptors (Lipinski definition) is 5. The first kappa shape index (κ1) is 23.0. The number of benzene rings is 3. The summed E-state index contributed by atoms with van der Waals surface area (Å²) in [6.45, 7) is 2.78. The molecule has 2 aliphatic carbocycles. The highest BCUT2D eigenvalue weighted by molar-refractivity contribution is 5.44. The number of nitro groups is 1. The molecule has 1 N–H and O–H groups in total. The summed E-state index contributed by atoms with van der Waals surface area (Å²) in [4.78, 5) is 12.1. The highest BCUT2D eigenvalue weighted by atomic mass is 16.6. The Morgan fingerprint density at radius 3 is 2.15 bits per heavy atom. The molecule has 6 nitrogen and oxygen atoms in total. The van der Waals surface area contributed by atoms with Gasteiger partial charge in [0.05, 0.1) is 22.8 Å². The molecule has 33 heavy (non-hydrogen) atoms. The smallest absolute Gasteiger partial charge is 0.277 e. The van der Waals surface area contributed by atoms with Crippen LogP contribution >= 0.6 is 0 Å². The number of rotatable bonds is 8. The van der Waals surface area contributed by atoms with Gasteiger partial charge >= 0.3 is 0 Å². The number of nitrogens with zero attached hydrogens (tertiary/aromatic N) is 2. The molecule has 1 saturated heterocycles. The van der Waals surface area contributed by atoms with Crippen LogP contribution in [0.25, 0.3) is 0 Å². The largest absolute Gasteiger partial charge is 0.492 e. The second-order valence-corrected chi connectivity index (χ2v) is 8.62. The van der Waals surface area contributed by atoms with Gasteiger partial charge in [-0.1, -0.05) is 54.6 Å². The fourth-order valence-electron chi connectivity index (χ4n) is 4.37. The van der Waals surface area contributed by atoms with Gasteiger partial charge in [-0.05, 0) is 67.3 Å². The molecule has 0 amide bonds. The van der Waals surface area contributed by atoms with E-state index in [0.29, 0.717) is 6.61 Å². The number of para-hydroxylation sites is 1. The first-order chi connectivity index (χ1) is 16.1. The molecule has 0 aromatic heterocycles. The van der Waals surface area contributed by atoms with Gasteiger partial charge in [-0.2, -0.15) is 0 Å². The van der Waals surface area contributed by atoms with Gasteiger partial charge in [0.2, 0.25) is 0 Å². The van der Waals surface area contributed by atoms with E-state index in [0.717, 1.165) is 35.2 Å². The maximum Gasteiger partial charge on any atom is 0.277 e. The zero-order valence-corrected chi connectivity index (χ0v) is 18.7. The minimum Gasteiger partial charge on any atom is -0.492 e. The van der Waals surface area contributed by atoms with E-state index < -0.39 is 0 Å². The van der Waals surface area contributed by atoms with Gasteiger partial charge in [-0.15, -0.1) is 0 Å². The van der Waals surface area contributed by atoms with E-state index in [-0.39, 0.29) is 23.3 Å². The predicted octanol–water partition coefficient (Wildman–Crippen LogP) is 4.58. The van der Waals surface area contributed by atoms with Crippen LogP contribution in [0, 0.1) is 26.5 Å². The Morgan fingerprint density at radius 1 is 1.00 bits per heavy atom. The molecule has 172 valence electrons. The van der Waals surface area contributed by atoms with Crippen LogP contribution in [0.15, 0.2) is 78.9 Å². The molecular weight excluding hydrogens is 416 g/mol. The molecule has 3 aliphatic rings. The van der Waals surface area contributed by atoms with Gasteiger partial charge in [-0.3, -0.25) is 15.0 Å². The Kier molecular flexibility index (Phi) is 7.70. The van der Waals surface area contributed by atoms with E-state index in [4.69, 9.17) is 4.74 Å². The summed E-state index contributed by atoms with van der Waals surface area (Å²) in [5, 5.41) is 21.6. The molecule has 6 heteroatoms. The third-order valence-electron chi connectivity index (χ3n) is 6.43. The van der Waals surface area contributed by atoms with Gasteiger partial charge in [0.25, 0.3) is 5.69 Å². The van der Waals surface area contributed by atoms with E-state index in [9.17, 15) is 15.2 Å². The summed E-state index contributed by atoms with van der Waals surface area (Å²) in [5.74, 6) is 1.62. The monoisotopic (exact) mass is 446 g/mol. The fraction of sp³-hybridized carbons (Fsp3) is 0.333. The van der Waals surface area contributed by atoms with Crippen LogP contribution in [-0.2, 0) is 6.42 Å². The van der Waals surface area contributed by atoms with E-state index in [1.54, 1.807) is 12.1 Å². The molecule has 1 fully saturated rings. The van der Waals surface area contributed by atoms with Crippen molar-refractivity contribution in [1.29, 1.82) is 0 Å². The summed E-state index contributed by atoms with van der Waals surface area (Å²) in [7, 11) is 0. The van der Waals surface area contributed by atoms with Crippen LogP contribution < -0.4 is 4.74 Å². The topological polar surface area (TPSA) is 75.8 Å². The second-order valence-electron chi connectivity index (χ2n) is 8.62. The minimum absolute atomic E-state index is 0.0860. The zero-order valence-electron chi connectivity index (χ0n) is 18.7. The quantitative estimate of drug-likeness (QED) is 0.317. The Labute approximate surface area is 193 Å². The van der Waals surface area contributed by atoms with Gasteiger partial charge in [0.15, 0.2) is 0 Å². The van der Waals surface area contributed by atoms with Gasteiger partial charge < -0.3 is 9.84 Å². The van der Waals surface area contributed by atoms with Gasteiger partial charge in [-0.25, -0.2) is 0 Å². The fourth-order valence-corrected chi connectivity index (χ4v) is 4.37. The van der Waals surface area contributed by atoms with Crippen molar-refractivity contribution in [3.63, 3.8) is 0 Å². The summed E-state index contributed by atoms with van der Waals surface area (Å²) < 4.78 is 5.83. The highest BCUT2D eigenvalue weighted by Crippen LogP contribution is 2.24. The molecule has 0 bridgehead atoms. The van der Waals surface area contributed by atoms with Crippen molar-refractivity contribution in [2.45, 2.75) is 25.3 Å². The van der Waals surface area contributed by atoms with Crippen molar-refractivity contribution >= 4 is 5.69 Å². The van der Waals surface area contributed by atoms with Crippen LogP contribution in [0.5, 0.6) is 5.75 Å². The summed E-state index contributed by atoms with van der Waals surface area (Å²) in [5.41, 5.74) is 1.69. The lowest BCUT2D eigenvalue weighted by Crippen LogP contribution is -2.46. The average Bonchev–Trinajstić information content (AvgIpc) is 2.84. The van der Waals surface area contributed by atoms with Crippen molar-refractivity contribution in [2.75, 3.05) is 26.3 Å². The van der Waals surface area contributed by atoms with Crippen molar-refractivity contribution in [3.05, 3.63) is 105 Å². The first-order valence-electron chi connectivity index (χ1n) is 11.5. The van der Waals surface area contributed by atoms with E-state index in [2.05, 4.69) is 35.2 Å². The van der Waals surface area contributed by atoms with Gasteiger partial charge in [0, 0.05) is 6.07 Å². The van der Waals surface area contributed by atoms with Crippen LogP contribution in [-0.4, -0.2) is 47.3 Å². The van der Waals surface area contributed by atoms with Crippen LogP contribution in [0.2, 0.25) is 0 Å². The third-order valence-corrected chi connectivity index (χ3v) is 6.43. The lowest BCUT2D eigenvalue weighted by atomic mass is 9.89. The molecule has 2 aromatic carbocycles. The molecule has 2 aromatic rings. The van der Waals surface area contributed by atoms with E-state index in [1.165, 1.54) is 24.8 Å². The predicted molar refractivity (Wildman–Crippen MR) is 128 cm³/mol. The highest BCUT2D eigenvalue weighted by Gasteiger charge is 2.25. The maximum atomic E-state index is 10.0. The van der Waals surface area contributed by atoms with Gasteiger partial charge in [0.1, 0.15) is 12.4 Å². The van der Waals surface area contributed by atoms with Crippen molar-refractivity contribution < 1.29 is 14.8 Å². The normalized spacial score (nSPS) is 15.8. The minimum atomic E-state index is -0.359. The lowest BCUT2D eigenvalue weighted by Gasteiger charge is -2.36. The first-order valence-corrected chi connectivity index (χ1v) is 11.5. The molecule has 5 rings (SSSR count). The van der Waals surface area contributed by atoms with Crippen LogP contribution in [0.4, 0.5) is 5.69 Å².